The van der Waals surface area contributed by atoms with Gasteiger partial charge in [-0.15, -0.1) is 0 Å². The summed E-state index contributed by atoms with van der Waals surface area (Å²) in [4.78, 5) is 46.6. The predicted molar refractivity (Wildman–Crippen MR) is 287 cm³/mol. The number of carbonyl (C=O) groups excluding carboxylic acids is 1. The van der Waals surface area contributed by atoms with Crippen LogP contribution in [0.25, 0.3) is 11.0 Å². The highest BCUT2D eigenvalue weighted by molar-refractivity contribution is 7.90. The number of nitrogens with one attached hydrogen (secondary N) is 3. The lowest BCUT2D eigenvalue weighted by Crippen LogP contribution is -2.60. The van der Waals surface area contributed by atoms with Crippen molar-refractivity contribution in [1.82, 2.24) is 24.6 Å². The van der Waals surface area contributed by atoms with E-state index in [1.165, 1.54) is 23.9 Å². The number of ether oxygens (including phenoxy) is 3. The zero-order valence-electron chi connectivity index (χ0n) is 43.1. The Morgan fingerprint density at radius 1 is 0.897 bits per heavy atom. The summed E-state index contributed by atoms with van der Waals surface area (Å²) >= 11 is 0. The van der Waals surface area contributed by atoms with E-state index in [2.05, 4.69) is 53.8 Å². The molecule has 3 aromatic heterocycles. The molecule has 3 N–H and O–H groups in total. The first-order chi connectivity index (χ1) is 37.6. The van der Waals surface area contributed by atoms with Gasteiger partial charge in [-0.05, 0) is 129 Å². The minimum atomic E-state index is -4.65. The van der Waals surface area contributed by atoms with Crippen molar-refractivity contribution in [3.8, 4) is 5.88 Å². The molecule has 4 saturated heterocycles. The van der Waals surface area contributed by atoms with E-state index in [1.807, 2.05) is 41.3 Å². The number of carbonyl (C=O) groups is 1. The van der Waals surface area contributed by atoms with Crippen LogP contribution in [0.3, 0.4) is 0 Å². The molecule has 0 unspecified atom stereocenters. The third kappa shape index (κ3) is 10.1. The molecule has 78 heavy (non-hydrogen) atoms. The van der Waals surface area contributed by atoms with Crippen LogP contribution in [0.15, 0.2) is 102 Å². The second-order valence-electron chi connectivity index (χ2n) is 21.7. The number of rotatable bonds is 12. The molecule has 8 heterocycles. The Morgan fingerprint density at radius 3 is 2.46 bits per heavy atom. The lowest BCUT2D eigenvalue weighted by Gasteiger charge is -2.58. The van der Waals surface area contributed by atoms with Crippen molar-refractivity contribution in [1.29, 1.82) is 0 Å². The number of pyridine rings is 2. The molecule has 1 saturated carbocycles. The van der Waals surface area contributed by atoms with E-state index in [9.17, 15) is 36.5 Å². The lowest BCUT2D eigenvalue weighted by atomic mass is 9.59. The number of anilines is 5. The van der Waals surface area contributed by atoms with E-state index in [0.717, 1.165) is 80.4 Å². The zero-order valence-corrected chi connectivity index (χ0v) is 43.9. The summed E-state index contributed by atoms with van der Waals surface area (Å²) in [6.45, 7) is 7.74. The largest absolute Gasteiger partial charge is 0.468 e. The molecule has 1 amide bonds. The van der Waals surface area contributed by atoms with Gasteiger partial charge < -0.3 is 39.2 Å². The van der Waals surface area contributed by atoms with Crippen LogP contribution in [0.4, 0.5) is 47.3 Å². The number of aromatic nitrogens is 3. The highest BCUT2D eigenvalue weighted by Gasteiger charge is 2.50. The summed E-state index contributed by atoms with van der Waals surface area (Å²) in [7, 11) is -4.65. The number of nitrogens with zero attached hydrogens (tertiary/aromatic N) is 7. The normalized spacial score (nSPS) is 22.1. The van der Waals surface area contributed by atoms with Gasteiger partial charge in [0.25, 0.3) is 21.6 Å². The number of halogens is 3. The van der Waals surface area contributed by atoms with Gasteiger partial charge in [0.05, 0.1) is 39.8 Å². The number of aryl methyl sites for hydroxylation is 1. The van der Waals surface area contributed by atoms with E-state index in [-0.39, 0.29) is 41.3 Å². The fourth-order valence-corrected chi connectivity index (χ4v) is 13.8. The minimum Gasteiger partial charge on any atom is -0.468 e. The molecule has 1 spiro atoms. The second kappa shape index (κ2) is 20.7. The Bertz CT molecular complexity index is 3360. The Kier molecular flexibility index (Phi) is 13.7. The highest BCUT2D eigenvalue weighted by Crippen LogP contribution is 2.54. The van der Waals surface area contributed by atoms with Gasteiger partial charge in [0.1, 0.15) is 28.8 Å². The number of H-pyrrole nitrogens is 1. The highest BCUT2D eigenvalue weighted by atomic mass is 32.2. The number of amides is 1. The average molecular weight is 1090 g/mol. The van der Waals surface area contributed by atoms with Gasteiger partial charge in [-0.2, -0.15) is 18.2 Å². The molecule has 0 bridgehead atoms. The van der Waals surface area contributed by atoms with Gasteiger partial charge in [-0.1, -0.05) is 24.3 Å². The zero-order chi connectivity index (χ0) is 53.9. The van der Waals surface area contributed by atoms with Crippen LogP contribution in [-0.2, 0) is 25.7 Å². The average Bonchev–Trinajstić information content (AvgIpc) is 3.91. The van der Waals surface area contributed by atoms with E-state index in [4.69, 9.17) is 19.2 Å². The number of alkyl halides is 3. The molecule has 1 aliphatic carbocycles. The number of hydrogen-bond acceptors (Lipinski definition) is 15. The predicted octanol–water partition coefficient (Wildman–Crippen LogP) is 9.15. The van der Waals surface area contributed by atoms with Gasteiger partial charge in [0.2, 0.25) is 5.88 Å². The fourth-order valence-electron chi connectivity index (χ4n) is 12.8. The number of aromatic amines is 1. The Labute approximate surface area is 449 Å². The summed E-state index contributed by atoms with van der Waals surface area (Å²) in [6, 6.07) is 23.9. The van der Waals surface area contributed by atoms with Gasteiger partial charge in [-0.25, -0.2) is 13.1 Å². The van der Waals surface area contributed by atoms with Crippen molar-refractivity contribution in [3.05, 3.63) is 130 Å². The van der Waals surface area contributed by atoms with Gasteiger partial charge in [0, 0.05) is 100 Å². The van der Waals surface area contributed by atoms with Crippen LogP contribution >= 0.6 is 0 Å². The number of nitro benzene ring substituents is 1. The Morgan fingerprint density at radius 2 is 1.68 bits per heavy atom. The van der Waals surface area contributed by atoms with E-state index in [1.54, 1.807) is 18.3 Å². The minimum absolute atomic E-state index is 0.0215. The topological polar surface area (TPSA) is 201 Å². The first-order valence-corrected chi connectivity index (χ1v) is 28.3. The standard InChI is InChI=1S/C56H61F3N10O8S/c1-35-4-2-3-5-42(35)49-33-66(39-11-18-60-51(28-39)56(57,58)59)21-22-67(49)40-30-55(31-40)15-19-65(20-16-55)38-6-8-43(46(27-38)68-45-14-25-76-34-50(45)77-54-48(68)26-37-10-17-61-52(37)63-54)53(70)64-78(73,74)41-7-9-44(47(29-41)69(71)72)62-32-36-12-23-75-24-13-36/h2-11,17-18,26-29,36,40,45,49-50,62H,12-16,19-25,30-34H2,1H3,(H,61,63)(H,64,70)/t45-,49-,50-/m0/s1. The smallest absolute Gasteiger partial charge is 0.433 e. The van der Waals surface area contributed by atoms with Gasteiger partial charge >= 0.3 is 6.18 Å². The summed E-state index contributed by atoms with van der Waals surface area (Å²) in [5, 5.41) is 16.3. The third-order valence-electron chi connectivity index (χ3n) is 17.1. The number of nitro groups is 1. The molecule has 5 aliphatic heterocycles. The summed E-state index contributed by atoms with van der Waals surface area (Å²) in [6.07, 6.45) is 3.96. The van der Waals surface area contributed by atoms with Crippen LogP contribution in [0.1, 0.15) is 78.2 Å². The van der Waals surface area contributed by atoms with Crippen molar-refractivity contribution < 1.29 is 45.5 Å². The molecular weight excluding hydrogens is 1030 g/mol. The summed E-state index contributed by atoms with van der Waals surface area (Å²) < 4.78 is 89.7. The molecule has 18 nitrogen and oxygen atoms in total. The molecule has 3 atom stereocenters. The Hall–Kier alpha value is -7.01. The molecule has 12 rings (SSSR count). The van der Waals surface area contributed by atoms with Gasteiger partial charge in [-0.3, -0.25) is 24.8 Å². The van der Waals surface area contributed by atoms with Crippen LogP contribution in [0, 0.1) is 28.4 Å². The van der Waals surface area contributed by atoms with Crippen molar-refractivity contribution >= 4 is 61.1 Å². The van der Waals surface area contributed by atoms with Crippen LogP contribution in [0.5, 0.6) is 5.88 Å². The number of piperidine rings is 1. The second-order valence-corrected chi connectivity index (χ2v) is 23.4. The van der Waals surface area contributed by atoms with Crippen molar-refractivity contribution in [2.24, 2.45) is 11.3 Å². The maximum Gasteiger partial charge on any atom is 0.433 e. The molecule has 6 aromatic rings. The molecule has 22 heteroatoms. The lowest BCUT2D eigenvalue weighted by molar-refractivity contribution is -0.384. The number of piperazine rings is 1. The van der Waals surface area contributed by atoms with Crippen LogP contribution < -0.4 is 29.5 Å². The van der Waals surface area contributed by atoms with Gasteiger partial charge in [0.15, 0.2) is 0 Å². The van der Waals surface area contributed by atoms with Crippen LogP contribution in [-0.4, -0.2) is 123 Å². The van der Waals surface area contributed by atoms with Crippen molar-refractivity contribution in [2.45, 2.75) is 87.2 Å². The molecular formula is C56H61F3N10O8S. The first-order valence-electron chi connectivity index (χ1n) is 26.8. The Balaban J connectivity index is 0.807. The molecule has 410 valence electrons. The summed E-state index contributed by atoms with van der Waals surface area (Å²) in [5.74, 6) is -0.339. The van der Waals surface area contributed by atoms with Crippen molar-refractivity contribution in [2.75, 3.05) is 85.7 Å². The molecule has 5 fully saturated rings. The SMILES string of the molecule is Cc1ccccc1[C@@H]1CN(c2ccnc(C(F)(F)F)c2)CCN1C1CC2(CCN(c3ccc(C(=O)NS(=O)(=O)c4ccc(NCC5CCOCC5)c([N+](=O)[O-])c4)c(N4c5cc6cc[nH]c6nc5O[C@H]5COCC[C@@H]54)c3)CC2)C1. The quantitative estimate of drug-likeness (QED) is 0.0773. The van der Waals surface area contributed by atoms with E-state index in [0.29, 0.717) is 87.1 Å². The maximum absolute atomic E-state index is 14.7. The number of hydrogen-bond donors (Lipinski definition) is 3. The van der Waals surface area contributed by atoms with E-state index < -0.39 is 49.4 Å². The van der Waals surface area contributed by atoms with E-state index >= 15 is 0 Å². The monoisotopic (exact) mass is 1090 g/mol. The molecule has 6 aliphatic rings. The number of fused-ring (bicyclic) bond motifs is 3. The molecule has 3 aromatic carbocycles. The molecule has 0 radical (unpaired) electrons. The summed E-state index contributed by atoms with van der Waals surface area (Å²) in [5.41, 5.74) is 4.35. The van der Waals surface area contributed by atoms with Crippen LogP contribution in [0.2, 0.25) is 0 Å². The maximum atomic E-state index is 14.7. The number of benzene rings is 3. The van der Waals surface area contributed by atoms with Crippen molar-refractivity contribution in [3.63, 3.8) is 0 Å². The number of sulfonamides is 1. The third-order valence-corrected chi connectivity index (χ3v) is 18.4. The first kappa shape index (κ1) is 51.7. The fraction of sp³-hybridized carbons (Fsp3) is 0.446.